The first-order valence-electron chi connectivity index (χ1n) is 7.07. The van der Waals surface area contributed by atoms with E-state index >= 15 is 0 Å². The van der Waals surface area contributed by atoms with Crippen LogP contribution in [-0.2, 0) is 0 Å². The molecule has 0 N–H and O–H groups in total. The Labute approximate surface area is 127 Å². The van der Waals surface area contributed by atoms with E-state index in [0.717, 1.165) is 23.1 Å². The lowest BCUT2D eigenvalue weighted by Gasteiger charge is -2.26. The molecule has 0 aromatic heterocycles. The van der Waals surface area contributed by atoms with Crippen LogP contribution in [0.15, 0.2) is 28.7 Å². The number of hydrogen-bond donors (Lipinski definition) is 0. The summed E-state index contributed by atoms with van der Waals surface area (Å²) >= 11 is 7.24. The molecule has 2 aliphatic rings. The molecule has 0 radical (unpaired) electrons. The van der Waals surface area contributed by atoms with Crippen LogP contribution in [0.5, 0.6) is 0 Å². The molecule has 98 valence electrons. The number of benzene rings is 1. The third-order valence-corrected chi connectivity index (χ3v) is 6.31. The second-order valence-electron chi connectivity index (χ2n) is 6.07. The second-order valence-corrected chi connectivity index (χ2v) is 7.64. The first kappa shape index (κ1) is 13.2. The molecule has 0 spiro atoms. The molecule has 2 bridgehead atoms. The van der Waals surface area contributed by atoms with Crippen molar-refractivity contribution in [3.05, 3.63) is 34.3 Å². The highest BCUT2D eigenvalue weighted by Crippen LogP contribution is 2.51. The van der Waals surface area contributed by atoms with Crippen LogP contribution in [0.3, 0.4) is 0 Å². The van der Waals surface area contributed by atoms with E-state index in [-0.39, 0.29) is 0 Å². The quantitative estimate of drug-likeness (QED) is 0.590. The minimum atomic E-state index is 0.697. The first-order chi connectivity index (χ1) is 8.76. The molecule has 4 unspecified atom stereocenters. The Balaban J connectivity index is 1.67. The van der Waals surface area contributed by atoms with Crippen molar-refractivity contribution in [3.8, 4) is 0 Å². The Morgan fingerprint density at radius 1 is 1.11 bits per heavy atom. The molecule has 18 heavy (non-hydrogen) atoms. The molecular formula is C16H20Br2. The summed E-state index contributed by atoms with van der Waals surface area (Å²) in [5, 5.41) is 1.10. The van der Waals surface area contributed by atoms with Gasteiger partial charge in [-0.25, -0.2) is 0 Å². The molecule has 0 amide bonds. The minimum absolute atomic E-state index is 0.697. The summed E-state index contributed by atoms with van der Waals surface area (Å²) in [4.78, 5) is 0. The zero-order chi connectivity index (χ0) is 12.5. The lowest BCUT2D eigenvalue weighted by molar-refractivity contribution is 0.301. The fraction of sp³-hybridized carbons (Fsp3) is 0.625. The molecule has 1 aromatic carbocycles. The third-order valence-electron chi connectivity index (χ3n) is 5.00. The fourth-order valence-corrected chi connectivity index (χ4v) is 4.96. The maximum absolute atomic E-state index is 3.72. The van der Waals surface area contributed by atoms with Crippen LogP contribution in [0, 0.1) is 17.8 Å². The van der Waals surface area contributed by atoms with Crippen molar-refractivity contribution < 1.29 is 0 Å². The van der Waals surface area contributed by atoms with Crippen LogP contribution < -0.4 is 0 Å². The molecule has 0 aliphatic heterocycles. The van der Waals surface area contributed by atoms with Crippen molar-refractivity contribution in [2.45, 2.75) is 38.0 Å². The molecule has 2 saturated carbocycles. The number of fused-ring (bicyclic) bond motifs is 2. The second kappa shape index (κ2) is 5.66. The van der Waals surface area contributed by atoms with Gasteiger partial charge in [0.2, 0.25) is 0 Å². The van der Waals surface area contributed by atoms with Gasteiger partial charge >= 0.3 is 0 Å². The molecule has 2 aliphatic carbocycles. The summed E-state index contributed by atoms with van der Waals surface area (Å²) in [6, 6.07) is 8.91. The highest BCUT2D eigenvalue weighted by molar-refractivity contribution is 9.10. The van der Waals surface area contributed by atoms with Crippen LogP contribution in [0.1, 0.15) is 43.6 Å². The normalized spacial score (nSPS) is 31.8. The van der Waals surface area contributed by atoms with E-state index in [9.17, 15) is 0 Å². The fourth-order valence-electron chi connectivity index (χ4n) is 4.05. The summed E-state index contributed by atoms with van der Waals surface area (Å²) in [5.41, 5.74) is 1.50. The monoisotopic (exact) mass is 370 g/mol. The predicted molar refractivity (Wildman–Crippen MR) is 84.2 cm³/mol. The van der Waals surface area contributed by atoms with Crippen molar-refractivity contribution in [3.63, 3.8) is 0 Å². The van der Waals surface area contributed by atoms with Gasteiger partial charge in [0.15, 0.2) is 0 Å². The zero-order valence-corrected chi connectivity index (χ0v) is 13.8. The van der Waals surface area contributed by atoms with E-state index in [1.165, 1.54) is 42.1 Å². The Bertz CT molecular complexity index is 398. The number of halogens is 2. The molecule has 0 heterocycles. The van der Waals surface area contributed by atoms with Gasteiger partial charge < -0.3 is 0 Å². The van der Waals surface area contributed by atoms with Crippen molar-refractivity contribution in [2.24, 2.45) is 17.8 Å². The van der Waals surface area contributed by atoms with Gasteiger partial charge in [-0.05, 0) is 67.1 Å². The smallest absolute Gasteiger partial charge is 0.0175 e. The van der Waals surface area contributed by atoms with Crippen molar-refractivity contribution >= 4 is 31.9 Å². The summed E-state index contributed by atoms with van der Waals surface area (Å²) in [6.07, 6.45) is 7.43. The Morgan fingerprint density at radius 3 is 2.44 bits per heavy atom. The van der Waals surface area contributed by atoms with Gasteiger partial charge in [0.25, 0.3) is 0 Å². The summed E-state index contributed by atoms with van der Waals surface area (Å²) < 4.78 is 1.18. The van der Waals surface area contributed by atoms with Gasteiger partial charge in [-0.2, -0.15) is 0 Å². The van der Waals surface area contributed by atoms with Gasteiger partial charge in [-0.3, -0.25) is 0 Å². The average Bonchev–Trinajstić information content (AvgIpc) is 2.99. The summed E-state index contributed by atoms with van der Waals surface area (Å²) in [6.45, 7) is 0. The first-order valence-corrected chi connectivity index (χ1v) is 8.99. The lowest BCUT2D eigenvalue weighted by Crippen LogP contribution is -2.15. The van der Waals surface area contributed by atoms with Crippen molar-refractivity contribution in [2.75, 3.05) is 5.33 Å². The zero-order valence-electron chi connectivity index (χ0n) is 10.6. The number of alkyl halides is 1. The molecule has 1 aromatic rings. The van der Waals surface area contributed by atoms with Gasteiger partial charge in [0.05, 0.1) is 0 Å². The molecule has 2 fully saturated rings. The van der Waals surface area contributed by atoms with Gasteiger partial charge in [-0.1, -0.05) is 50.4 Å². The maximum Gasteiger partial charge on any atom is 0.0175 e. The molecule has 0 saturated heterocycles. The van der Waals surface area contributed by atoms with Crippen LogP contribution in [0.25, 0.3) is 0 Å². The van der Waals surface area contributed by atoms with E-state index in [1.807, 2.05) is 0 Å². The van der Waals surface area contributed by atoms with E-state index in [0.29, 0.717) is 5.92 Å². The van der Waals surface area contributed by atoms with E-state index in [2.05, 4.69) is 56.1 Å². The van der Waals surface area contributed by atoms with Gasteiger partial charge in [-0.15, -0.1) is 0 Å². The minimum Gasteiger partial charge on any atom is -0.0921 e. The van der Waals surface area contributed by atoms with Crippen molar-refractivity contribution in [1.29, 1.82) is 0 Å². The largest absolute Gasteiger partial charge is 0.0921 e. The molecule has 0 nitrogen and oxygen atoms in total. The highest BCUT2D eigenvalue weighted by Gasteiger charge is 2.40. The van der Waals surface area contributed by atoms with Crippen LogP contribution in [0.2, 0.25) is 0 Å². The Kier molecular flexibility index (Phi) is 4.15. The van der Waals surface area contributed by atoms with E-state index < -0.39 is 0 Å². The third kappa shape index (κ3) is 2.70. The van der Waals surface area contributed by atoms with Gasteiger partial charge in [0.1, 0.15) is 0 Å². The van der Waals surface area contributed by atoms with Crippen LogP contribution in [-0.4, -0.2) is 5.33 Å². The Hall–Kier alpha value is 0.180. The predicted octanol–water partition coefficient (Wildman–Crippen LogP) is 5.75. The molecule has 2 heteroatoms. The topological polar surface area (TPSA) is 0 Å². The molecule has 3 rings (SSSR count). The Morgan fingerprint density at radius 2 is 1.89 bits per heavy atom. The SMILES string of the molecule is BrCC(CC1CC2CCC1C2)c1ccc(Br)cc1. The standard InChI is InChI=1S/C16H20Br2/c17-10-15(12-3-5-16(18)6-4-12)9-14-8-11-1-2-13(14)7-11/h3-6,11,13-15H,1-2,7-10H2. The maximum atomic E-state index is 3.72. The summed E-state index contributed by atoms with van der Waals surface area (Å²) in [7, 11) is 0. The number of hydrogen-bond acceptors (Lipinski definition) is 0. The van der Waals surface area contributed by atoms with E-state index in [4.69, 9.17) is 0 Å². The van der Waals surface area contributed by atoms with E-state index in [1.54, 1.807) is 0 Å². The average molecular weight is 372 g/mol. The molecular weight excluding hydrogens is 352 g/mol. The highest BCUT2D eigenvalue weighted by atomic mass is 79.9. The van der Waals surface area contributed by atoms with Gasteiger partial charge in [0, 0.05) is 9.80 Å². The van der Waals surface area contributed by atoms with Crippen molar-refractivity contribution in [1.82, 2.24) is 0 Å². The number of rotatable bonds is 4. The summed E-state index contributed by atoms with van der Waals surface area (Å²) in [5.74, 6) is 3.81. The molecule has 4 atom stereocenters. The van der Waals surface area contributed by atoms with Crippen LogP contribution in [0.4, 0.5) is 0 Å². The van der Waals surface area contributed by atoms with Crippen LogP contribution >= 0.6 is 31.9 Å². The lowest BCUT2D eigenvalue weighted by atomic mass is 9.81.